The second-order valence-corrected chi connectivity index (χ2v) is 7.47. The van der Waals surface area contributed by atoms with Gasteiger partial charge in [0, 0.05) is 19.2 Å². The molecule has 1 fully saturated rings. The van der Waals surface area contributed by atoms with Crippen molar-refractivity contribution in [3.05, 3.63) is 21.4 Å². The maximum Gasteiger partial charge on any atom is 0.0490 e. The number of fused-ring (bicyclic) bond motifs is 1. The molecule has 1 aliphatic rings. The highest BCUT2D eigenvalue weighted by molar-refractivity contribution is 7.28. The van der Waals surface area contributed by atoms with Gasteiger partial charge >= 0.3 is 0 Å². The summed E-state index contributed by atoms with van der Waals surface area (Å²) >= 11 is 4.01. The largest absolute Gasteiger partial charge is 0.139 e. The first-order valence-electron chi connectivity index (χ1n) is 6.25. The van der Waals surface area contributed by atoms with Crippen molar-refractivity contribution in [3.8, 4) is 0 Å². The minimum absolute atomic E-state index is 0.862. The molecule has 0 unspecified atom stereocenters. The molecular weight excluding hydrogens is 232 g/mol. The van der Waals surface area contributed by atoms with Crippen LogP contribution in [0, 0.1) is 13.8 Å². The summed E-state index contributed by atoms with van der Waals surface area (Å²) in [5.74, 6) is 0.862. The molecule has 0 atom stereocenters. The molecule has 2 heterocycles. The van der Waals surface area contributed by atoms with E-state index in [0.29, 0.717) is 0 Å². The molecule has 2 aromatic heterocycles. The van der Waals surface area contributed by atoms with E-state index >= 15 is 0 Å². The van der Waals surface area contributed by atoms with Gasteiger partial charge in [0.1, 0.15) is 0 Å². The summed E-state index contributed by atoms with van der Waals surface area (Å²) < 4.78 is 3.13. The molecule has 0 nitrogen and oxygen atoms in total. The van der Waals surface area contributed by atoms with Crippen molar-refractivity contribution in [1.29, 1.82) is 0 Å². The molecule has 0 N–H and O–H groups in total. The first-order chi connectivity index (χ1) is 7.75. The van der Waals surface area contributed by atoms with Gasteiger partial charge in [-0.05, 0) is 44.2 Å². The van der Waals surface area contributed by atoms with Gasteiger partial charge in [0.05, 0.1) is 0 Å². The first-order valence-corrected chi connectivity index (χ1v) is 7.88. The molecule has 2 aromatic rings. The zero-order chi connectivity index (χ0) is 11.1. The highest BCUT2D eigenvalue weighted by Gasteiger charge is 2.22. The molecule has 0 aromatic carbocycles. The van der Waals surface area contributed by atoms with Crippen molar-refractivity contribution < 1.29 is 0 Å². The number of hydrogen-bond acceptors (Lipinski definition) is 2. The number of thiophene rings is 2. The zero-order valence-corrected chi connectivity index (χ0v) is 11.6. The monoisotopic (exact) mass is 250 g/mol. The Balaban J connectivity index is 2.09. The molecule has 0 bridgehead atoms. The standard InChI is InChI=1S/C14H18S2/c1-9-8-12-14(15-9)13(10(2)16-12)11-6-4-3-5-7-11/h8,11H,3-7H2,1-2H3. The highest BCUT2D eigenvalue weighted by atomic mass is 32.1. The maximum atomic E-state index is 2.37. The summed E-state index contributed by atoms with van der Waals surface area (Å²) in [6.07, 6.45) is 7.16. The van der Waals surface area contributed by atoms with E-state index in [9.17, 15) is 0 Å². The molecule has 2 heteroatoms. The minimum atomic E-state index is 0.862. The Bertz CT molecular complexity index is 498. The lowest BCUT2D eigenvalue weighted by Crippen LogP contribution is -2.04. The number of rotatable bonds is 1. The summed E-state index contributed by atoms with van der Waals surface area (Å²) in [6.45, 7) is 4.55. The van der Waals surface area contributed by atoms with E-state index in [1.165, 1.54) is 41.7 Å². The topological polar surface area (TPSA) is 0 Å². The molecule has 1 aliphatic carbocycles. The van der Waals surface area contributed by atoms with Gasteiger partial charge in [-0.3, -0.25) is 0 Å². The average Bonchev–Trinajstić information content (AvgIpc) is 2.74. The minimum Gasteiger partial charge on any atom is -0.139 e. The molecular formula is C14H18S2. The predicted octanol–water partition coefficient (Wildman–Crippen LogP) is 5.63. The molecule has 3 rings (SSSR count). The molecule has 0 saturated heterocycles. The summed E-state index contributed by atoms with van der Waals surface area (Å²) in [7, 11) is 0. The quantitative estimate of drug-likeness (QED) is 0.615. The maximum absolute atomic E-state index is 2.37. The third-order valence-corrected chi connectivity index (χ3v) is 6.00. The molecule has 1 saturated carbocycles. The van der Waals surface area contributed by atoms with Gasteiger partial charge in [-0.25, -0.2) is 0 Å². The zero-order valence-electron chi connectivity index (χ0n) is 10.0. The van der Waals surface area contributed by atoms with Gasteiger partial charge in [-0.2, -0.15) is 0 Å². The van der Waals surface area contributed by atoms with Crippen LogP contribution in [0.25, 0.3) is 9.40 Å². The van der Waals surface area contributed by atoms with Gasteiger partial charge < -0.3 is 0 Å². The van der Waals surface area contributed by atoms with Crippen molar-refractivity contribution in [2.45, 2.75) is 51.9 Å². The average molecular weight is 250 g/mol. The second kappa shape index (κ2) is 4.15. The van der Waals surface area contributed by atoms with Gasteiger partial charge in [0.15, 0.2) is 0 Å². The van der Waals surface area contributed by atoms with Crippen LogP contribution in [-0.4, -0.2) is 0 Å². The fourth-order valence-corrected chi connectivity index (χ4v) is 5.62. The normalized spacial score (nSPS) is 18.4. The van der Waals surface area contributed by atoms with Crippen molar-refractivity contribution in [2.75, 3.05) is 0 Å². The summed E-state index contributed by atoms with van der Waals surface area (Å²) in [4.78, 5) is 3.05. The van der Waals surface area contributed by atoms with Crippen LogP contribution < -0.4 is 0 Å². The van der Waals surface area contributed by atoms with Crippen LogP contribution in [0.1, 0.15) is 53.3 Å². The van der Waals surface area contributed by atoms with E-state index in [-0.39, 0.29) is 0 Å². The van der Waals surface area contributed by atoms with E-state index < -0.39 is 0 Å². The number of aryl methyl sites for hydroxylation is 2. The lowest BCUT2D eigenvalue weighted by molar-refractivity contribution is 0.445. The van der Waals surface area contributed by atoms with Crippen LogP contribution in [-0.2, 0) is 0 Å². The number of hydrogen-bond donors (Lipinski definition) is 0. The van der Waals surface area contributed by atoms with Gasteiger partial charge in [-0.15, -0.1) is 22.7 Å². The first kappa shape index (κ1) is 10.8. The summed E-state index contributed by atoms with van der Waals surface area (Å²) in [5.41, 5.74) is 1.71. The molecule has 86 valence electrons. The smallest absolute Gasteiger partial charge is 0.0490 e. The Morgan fingerprint density at radius 1 is 1.06 bits per heavy atom. The van der Waals surface area contributed by atoms with E-state index in [4.69, 9.17) is 0 Å². The highest BCUT2D eigenvalue weighted by Crippen LogP contribution is 2.45. The van der Waals surface area contributed by atoms with Crippen LogP contribution in [0.15, 0.2) is 6.07 Å². The van der Waals surface area contributed by atoms with Crippen LogP contribution >= 0.6 is 22.7 Å². The van der Waals surface area contributed by atoms with E-state index in [0.717, 1.165) is 5.92 Å². The van der Waals surface area contributed by atoms with Crippen molar-refractivity contribution >= 4 is 32.1 Å². The Kier molecular flexibility index (Phi) is 2.80. The van der Waals surface area contributed by atoms with E-state index in [2.05, 4.69) is 19.9 Å². The Morgan fingerprint density at radius 2 is 1.81 bits per heavy atom. The Morgan fingerprint density at radius 3 is 2.56 bits per heavy atom. The summed E-state index contributed by atoms with van der Waals surface area (Å²) in [6, 6.07) is 2.37. The van der Waals surface area contributed by atoms with Crippen molar-refractivity contribution in [2.24, 2.45) is 0 Å². The fraction of sp³-hybridized carbons (Fsp3) is 0.571. The van der Waals surface area contributed by atoms with Crippen LogP contribution in [0.4, 0.5) is 0 Å². The fourth-order valence-electron chi connectivity index (χ4n) is 3.00. The molecule has 0 aliphatic heterocycles. The molecule has 0 radical (unpaired) electrons. The Labute approximate surface area is 105 Å². The van der Waals surface area contributed by atoms with Crippen LogP contribution in [0.5, 0.6) is 0 Å². The molecule has 16 heavy (non-hydrogen) atoms. The lowest BCUT2D eigenvalue weighted by atomic mass is 9.84. The molecule has 0 amide bonds. The van der Waals surface area contributed by atoms with E-state index in [1.807, 2.05) is 22.7 Å². The Hall–Kier alpha value is -0.340. The second-order valence-electron chi connectivity index (χ2n) is 4.96. The van der Waals surface area contributed by atoms with Gasteiger partial charge in [0.25, 0.3) is 0 Å². The third kappa shape index (κ3) is 1.72. The van der Waals surface area contributed by atoms with Gasteiger partial charge in [0.2, 0.25) is 0 Å². The molecule has 0 spiro atoms. The lowest BCUT2D eigenvalue weighted by Gasteiger charge is -2.21. The SMILES string of the molecule is Cc1cc2sc(C)c(C3CCCCC3)c2s1. The third-order valence-electron chi connectivity index (χ3n) is 3.72. The van der Waals surface area contributed by atoms with Crippen molar-refractivity contribution in [1.82, 2.24) is 0 Å². The van der Waals surface area contributed by atoms with Crippen molar-refractivity contribution in [3.63, 3.8) is 0 Å². The van der Waals surface area contributed by atoms with Gasteiger partial charge in [-0.1, -0.05) is 19.3 Å². The van der Waals surface area contributed by atoms with E-state index in [1.54, 1.807) is 15.1 Å². The summed E-state index contributed by atoms with van der Waals surface area (Å²) in [5, 5.41) is 0. The predicted molar refractivity (Wildman–Crippen MR) is 75.0 cm³/mol. The van der Waals surface area contributed by atoms with Crippen LogP contribution in [0.2, 0.25) is 0 Å². The van der Waals surface area contributed by atoms with Crippen LogP contribution in [0.3, 0.4) is 0 Å².